The van der Waals surface area contributed by atoms with E-state index in [9.17, 15) is 9.59 Å². The van der Waals surface area contributed by atoms with Crippen LogP contribution in [-0.2, 0) is 4.79 Å². The molecule has 3 rings (SSSR count). The Hall–Kier alpha value is -2.55. The van der Waals surface area contributed by atoms with Crippen molar-refractivity contribution in [3.05, 3.63) is 29.4 Å². The minimum Gasteiger partial charge on any atom is -0.356 e. The Morgan fingerprint density at radius 2 is 2.22 bits per heavy atom. The van der Waals surface area contributed by atoms with Crippen LogP contribution in [0.2, 0.25) is 0 Å². The summed E-state index contributed by atoms with van der Waals surface area (Å²) >= 11 is 1.27. The number of hydrogen-bond donors (Lipinski definition) is 2. The van der Waals surface area contributed by atoms with Gasteiger partial charge in [0.15, 0.2) is 0 Å². The molecule has 144 valence electrons. The smallest absolute Gasteiger partial charge is 0.259 e. The third kappa shape index (κ3) is 5.22. The summed E-state index contributed by atoms with van der Waals surface area (Å²) < 4.78 is 0. The van der Waals surface area contributed by atoms with Gasteiger partial charge in [-0.1, -0.05) is 25.2 Å². The first-order chi connectivity index (χ1) is 13.0. The van der Waals surface area contributed by atoms with Crippen molar-refractivity contribution in [2.24, 2.45) is 11.8 Å². The summed E-state index contributed by atoms with van der Waals surface area (Å²) in [4.78, 5) is 30.6. The van der Waals surface area contributed by atoms with Crippen molar-refractivity contribution in [3.63, 3.8) is 0 Å². The highest BCUT2D eigenvalue weighted by atomic mass is 32.1. The van der Waals surface area contributed by atoms with E-state index in [1.807, 2.05) is 19.9 Å². The Morgan fingerprint density at radius 1 is 1.37 bits per heavy atom. The molecule has 0 aliphatic carbocycles. The maximum atomic E-state index is 12.2. The minimum atomic E-state index is -0.251. The lowest BCUT2D eigenvalue weighted by molar-refractivity contribution is -0.124. The van der Waals surface area contributed by atoms with Gasteiger partial charge in [-0.25, -0.2) is 4.98 Å². The molecule has 0 radical (unpaired) electrons. The zero-order valence-electron chi connectivity index (χ0n) is 15.5. The number of pyridine rings is 1. The number of amides is 2. The fourth-order valence-electron chi connectivity index (χ4n) is 2.99. The minimum absolute atomic E-state index is 0.00482. The van der Waals surface area contributed by atoms with Gasteiger partial charge in [0.1, 0.15) is 11.3 Å². The molecule has 0 saturated carbocycles. The molecule has 3 heterocycles. The topological polar surface area (TPSA) is 100 Å². The van der Waals surface area contributed by atoms with Gasteiger partial charge in [-0.15, -0.1) is 10.2 Å². The van der Waals surface area contributed by atoms with E-state index >= 15 is 0 Å². The molecular weight excluding hydrogens is 364 g/mol. The number of rotatable bonds is 6. The van der Waals surface area contributed by atoms with Crippen molar-refractivity contribution < 1.29 is 9.59 Å². The quantitative estimate of drug-likeness (QED) is 0.787. The zero-order chi connectivity index (χ0) is 19.2. The van der Waals surface area contributed by atoms with E-state index < -0.39 is 0 Å². The van der Waals surface area contributed by atoms with Crippen molar-refractivity contribution in [2.45, 2.75) is 26.7 Å². The summed E-state index contributed by atoms with van der Waals surface area (Å²) in [6.07, 6.45) is 3.73. The van der Waals surface area contributed by atoms with Crippen molar-refractivity contribution in [1.82, 2.24) is 20.5 Å². The first-order valence-corrected chi connectivity index (χ1v) is 9.97. The van der Waals surface area contributed by atoms with Crippen LogP contribution < -0.4 is 15.5 Å². The predicted molar refractivity (Wildman–Crippen MR) is 105 cm³/mol. The summed E-state index contributed by atoms with van der Waals surface area (Å²) in [5, 5.41) is 13.7. The number of nitrogens with one attached hydrogen (secondary N) is 2. The van der Waals surface area contributed by atoms with Crippen LogP contribution in [-0.4, -0.2) is 46.6 Å². The summed E-state index contributed by atoms with van der Waals surface area (Å²) in [6.45, 7) is 6.26. The maximum Gasteiger partial charge on any atom is 0.259 e. The molecule has 1 unspecified atom stereocenters. The van der Waals surface area contributed by atoms with E-state index in [4.69, 9.17) is 0 Å². The second-order valence-corrected chi connectivity index (χ2v) is 7.79. The average molecular weight is 388 g/mol. The monoisotopic (exact) mass is 388 g/mol. The molecule has 2 aromatic heterocycles. The van der Waals surface area contributed by atoms with E-state index in [1.165, 1.54) is 11.3 Å². The molecule has 27 heavy (non-hydrogen) atoms. The van der Waals surface area contributed by atoms with E-state index in [-0.39, 0.29) is 17.7 Å². The first kappa shape index (κ1) is 19.2. The van der Waals surface area contributed by atoms with Crippen LogP contribution in [0.3, 0.4) is 0 Å². The summed E-state index contributed by atoms with van der Waals surface area (Å²) in [6, 6.07) is 3.63. The molecule has 1 saturated heterocycles. The highest BCUT2D eigenvalue weighted by Crippen LogP contribution is 2.22. The fraction of sp³-hybridized carbons (Fsp3) is 0.500. The average Bonchev–Trinajstić information content (AvgIpc) is 3.19. The Balaban J connectivity index is 1.56. The molecule has 9 heteroatoms. The van der Waals surface area contributed by atoms with Gasteiger partial charge in [-0.05, 0) is 30.9 Å². The second-order valence-electron chi connectivity index (χ2n) is 6.96. The van der Waals surface area contributed by atoms with Gasteiger partial charge < -0.3 is 10.2 Å². The fourth-order valence-corrected chi connectivity index (χ4v) is 3.43. The van der Waals surface area contributed by atoms with Crippen LogP contribution in [0.4, 0.5) is 10.9 Å². The van der Waals surface area contributed by atoms with Crippen LogP contribution in [0.1, 0.15) is 37.0 Å². The molecule has 8 nitrogen and oxygen atoms in total. The van der Waals surface area contributed by atoms with Gasteiger partial charge in [0.05, 0.1) is 5.56 Å². The molecule has 2 aromatic rings. The molecule has 0 bridgehead atoms. The number of piperidine rings is 1. The van der Waals surface area contributed by atoms with Gasteiger partial charge in [0, 0.05) is 31.7 Å². The van der Waals surface area contributed by atoms with Crippen LogP contribution in [0.25, 0.3) is 0 Å². The molecule has 1 aliphatic rings. The van der Waals surface area contributed by atoms with Crippen molar-refractivity contribution in [2.75, 3.05) is 29.9 Å². The number of aromatic nitrogens is 3. The molecule has 1 aliphatic heterocycles. The Bertz CT molecular complexity index is 763. The van der Waals surface area contributed by atoms with Gasteiger partial charge in [0.2, 0.25) is 11.0 Å². The van der Waals surface area contributed by atoms with E-state index in [0.717, 1.165) is 31.7 Å². The normalized spacial score (nSPS) is 17.0. The highest BCUT2D eigenvalue weighted by Gasteiger charge is 2.22. The predicted octanol–water partition coefficient (Wildman–Crippen LogP) is 2.17. The van der Waals surface area contributed by atoms with Crippen molar-refractivity contribution in [1.29, 1.82) is 0 Å². The number of carbonyl (C=O) groups is 2. The van der Waals surface area contributed by atoms with Gasteiger partial charge >= 0.3 is 0 Å². The zero-order valence-corrected chi connectivity index (χ0v) is 16.3. The van der Waals surface area contributed by atoms with Gasteiger partial charge in [-0.2, -0.15) is 0 Å². The highest BCUT2D eigenvalue weighted by molar-refractivity contribution is 7.13. The first-order valence-electron chi connectivity index (χ1n) is 9.09. The Labute approximate surface area is 162 Å². The number of anilines is 2. The van der Waals surface area contributed by atoms with Crippen LogP contribution in [0.5, 0.6) is 0 Å². The van der Waals surface area contributed by atoms with Gasteiger partial charge in [-0.3, -0.25) is 14.9 Å². The molecular formula is C18H24N6O2S. The van der Waals surface area contributed by atoms with Crippen LogP contribution in [0, 0.1) is 11.8 Å². The van der Waals surface area contributed by atoms with Gasteiger partial charge in [0.25, 0.3) is 5.91 Å². The molecule has 1 atom stereocenters. The Morgan fingerprint density at radius 3 is 2.89 bits per heavy atom. The number of hydrogen-bond acceptors (Lipinski definition) is 7. The molecule has 2 amide bonds. The lowest BCUT2D eigenvalue weighted by Gasteiger charge is -2.33. The third-order valence-electron chi connectivity index (χ3n) is 4.52. The van der Waals surface area contributed by atoms with E-state index in [2.05, 4.69) is 30.7 Å². The SMILES string of the molecule is CC(C)C(=O)NCC1CCCN(c2ccc(C(=O)Nc3nncs3)cn2)C1. The second kappa shape index (κ2) is 8.90. The Kier molecular flexibility index (Phi) is 6.33. The number of nitrogens with zero attached hydrogens (tertiary/aromatic N) is 4. The summed E-state index contributed by atoms with van der Waals surface area (Å²) in [5.74, 6) is 1.10. The largest absolute Gasteiger partial charge is 0.356 e. The molecule has 1 fully saturated rings. The lowest BCUT2D eigenvalue weighted by Crippen LogP contribution is -2.42. The summed E-state index contributed by atoms with van der Waals surface area (Å²) in [7, 11) is 0. The van der Waals surface area contributed by atoms with E-state index in [0.29, 0.717) is 23.2 Å². The van der Waals surface area contributed by atoms with Crippen molar-refractivity contribution in [3.8, 4) is 0 Å². The molecule has 0 spiro atoms. The standard InChI is InChI=1S/C18H24N6O2S/c1-12(2)16(25)20-8-13-4-3-7-24(10-13)15-6-5-14(9-19-15)17(26)22-18-23-21-11-27-18/h5-6,9,11-13H,3-4,7-8,10H2,1-2H3,(H,20,25)(H,22,23,26). The van der Waals surface area contributed by atoms with E-state index in [1.54, 1.807) is 17.8 Å². The maximum absolute atomic E-state index is 12.2. The molecule has 2 N–H and O–H groups in total. The van der Waals surface area contributed by atoms with Crippen LogP contribution >= 0.6 is 11.3 Å². The number of carbonyl (C=O) groups excluding carboxylic acids is 2. The van der Waals surface area contributed by atoms with Crippen LogP contribution in [0.15, 0.2) is 23.8 Å². The molecule has 0 aromatic carbocycles. The summed E-state index contributed by atoms with van der Waals surface area (Å²) in [5.41, 5.74) is 2.04. The lowest BCUT2D eigenvalue weighted by atomic mass is 9.97. The van der Waals surface area contributed by atoms with Crippen molar-refractivity contribution >= 4 is 34.1 Å². The third-order valence-corrected chi connectivity index (χ3v) is 5.13.